The number of imidazole rings is 2. The first kappa shape index (κ1) is 29.4. The molecule has 216 valence electrons. The van der Waals surface area contributed by atoms with E-state index in [1.54, 1.807) is 53.0 Å². The number of benzene rings is 2. The molecule has 0 spiro atoms. The third-order valence-electron chi connectivity index (χ3n) is 6.75. The third-order valence-corrected chi connectivity index (χ3v) is 6.75. The van der Waals surface area contributed by atoms with Gasteiger partial charge in [0.25, 0.3) is 0 Å². The van der Waals surface area contributed by atoms with Crippen molar-refractivity contribution in [1.29, 1.82) is 0 Å². The molecule has 0 aliphatic heterocycles. The van der Waals surface area contributed by atoms with Gasteiger partial charge in [0.1, 0.15) is 24.8 Å². The van der Waals surface area contributed by atoms with Gasteiger partial charge in [0.15, 0.2) is 0 Å². The molecule has 2 aromatic carbocycles. The lowest BCUT2D eigenvalue weighted by molar-refractivity contribution is -0.672. The minimum absolute atomic E-state index is 0.00495. The van der Waals surface area contributed by atoms with E-state index in [0.717, 1.165) is 18.2 Å². The maximum atomic E-state index is 14.7. The van der Waals surface area contributed by atoms with Crippen LogP contribution in [0.5, 0.6) is 0 Å². The van der Waals surface area contributed by atoms with Crippen LogP contribution in [0.3, 0.4) is 0 Å². The molecule has 0 fully saturated rings. The number of nitrogens with one attached hydrogen (secondary N) is 2. The summed E-state index contributed by atoms with van der Waals surface area (Å²) in [5.41, 5.74) is -6.96. The number of hydrogen-bond acceptors (Lipinski definition) is 2. The van der Waals surface area contributed by atoms with Crippen LogP contribution in [0.1, 0.15) is 32.4 Å². The summed E-state index contributed by atoms with van der Waals surface area (Å²) in [7, 11) is 6.34. The van der Waals surface area contributed by atoms with Gasteiger partial charge in [-0.1, -0.05) is 24.3 Å². The first-order valence-electron chi connectivity index (χ1n) is 12.1. The number of alkyl halides is 6. The minimum atomic E-state index is -5.83. The molecule has 0 saturated heterocycles. The van der Waals surface area contributed by atoms with Crippen molar-refractivity contribution in [1.82, 2.24) is 9.13 Å². The van der Waals surface area contributed by atoms with Crippen LogP contribution < -0.4 is 19.8 Å². The average molecular weight is 581 g/mol. The number of anilines is 2. The Hall–Kier alpha value is -4.62. The smallest absolute Gasteiger partial charge is 0.315 e. The molecule has 0 aliphatic rings. The van der Waals surface area contributed by atoms with Crippen molar-refractivity contribution in [2.24, 2.45) is 28.2 Å². The van der Waals surface area contributed by atoms with Crippen molar-refractivity contribution in [2.45, 2.75) is 17.8 Å². The van der Waals surface area contributed by atoms with E-state index in [1.165, 1.54) is 24.3 Å². The number of nitrogens with zero attached hydrogens (tertiary/aromatic N) is 4. The van der Waals surface area contributed by atoms with Gasteiger partial charge in [-0.25, -0.2) is 18.3 Å². The van der Waals surface area contributed by atoms with Crippen LogP contribution >= 0.6 is 0 Å². The molecule has 0 bridgehead atoms. The Bertz CT molecular complexity index is 1550. The van der Waals surface area contributed by atoms with Gasteiger partial charge >= 0.3 is 35.8 Å². The lowest BCUT2D eigenvalue weighted by atomic mass is 9.72. The molecule has 2 aromatic heterocycles. The number of carbonyl (C=O) groups is 2. The van der Waals surface area contributed by atoms with Crippen LogP contribution in [0.2, 0.25) is 0 Å². The van der Waals surface area contributed by atoms with Gasteiger partial charge in [-0.15, -0.1) is 0 Å². The molecule has 2 heterocycles. The summed E-state index contributed by atoms with van der Waals surface area (Å²) in [6.45, 7) is 0. The summed E-state index contributed by atoms with van der Waals surface area (Å²) in [5, 5.41) is 4.86. The van der Waals surface area contributed by atoms with Crippen molar-refractivity contribution in [2.75, 3.05) is 10.6 Å². The van der Waals surface area contributed by atoms with Crippen molar-refractivity contribution in [3.8, 4) is 0 Å². The number of aromatic nitrogens is 4. The predicted molar refractivity (Wildman–Crippen MR) is 135 cm³/mol. The van der Waals surface area contributed by atoms with Crippen LogP contribution in [0.15, 0.2) is 73.3 Å². The molecule has 2 N–H and O–H groups in total. The highest BCUT2D eigenvalue weighted by Gasteiger charge is 2.72. The Kier molecular flexibility index (Phi) is 7.46. The fourth-order valence-electron chi connectivity index (χ4n) is 4.81. The zero-order chi connectivity index (χ0) is 30.3. The lowest BCUT2D eigenvalue weighted by Crippen LogP contribution is -2.54. The van der Waals surface area contributed by atoms with Gasteiger partial charge in [0, 0.05) is 11.4 Å². The van der Waals surface area contributed by atoms with Gasteiger partial charge in [0.05, 0.1) is 28.2 Å². The highest BCUT2D eigenvalue weighted by atomic mass is 19.4. The summed E-state index contributed by atoms with van der Waals surface area (Å²) in [5.74, 6) is -1.01. The minimum Gasteiger partial charge on any atom is -0.315 e. The number of amides is 2. The maximum absolute atomic E-state index is 14.7. The number of carbonyl (C=O) groups excluding carboxylic acids is 2. The topological polar surface area (TPSA) is 75.8 Å². The van der Waals surface area contributed by atoms with Crippen LogP contribution in [-0.4, -0.2) is 33.3 Å². The average Bonchev–Trinajstić information content (AvgIpc) is 3.38. The van der Waals surface area contributed by atoms with E-state index in [9.17, 15) is 35.9 Å². The van der Waals surface area contributed by atoms with Crippen LogP contribution in [0.4, 0.5) is 37.7 Å². The normalized spacial score (nSPS) is 12.3. The Labute approximate surface area is 230 Å². The summed E-state index contributed by atoms with van der Waals surface area (Å²) in [4.78, 5) is 25.4. The molecule has 0 saturated carbocycles. The highest BCUT2D eigenvalue weighted by molar-refractivity contribution is 6.01. The first-order valence-corrected chi connectivity index (χ1v) is 12.1. The number of hydrogen-bond donors (Lipinski definition) is 2. The molecule has 4 aromatic rings. The second-order valence-corrected chi connectivity index (χ2v) is 9.50. The van der Waals surface area contributed by atoms with Crippen molar-refractivity contribution < 1.29 is 45.1 Å². The molecule has 0 aliphatic carbocycles. The number of halogens is 6. The summed E-state index contributed by atoms with van der Waals surface area (Å²) < 4.78 is 93.9. The zero-order valence-corrected chi connectivity index (χ0v) is 22.3. The predicted octanol–water partition coefficient (Wildman–Crippen LogP) is 3.93. The maximum Gasteiger partial charge on any atom is 0.411 e. The van der Waals surface area contributed by atoms with Crippen molar-refractivity contribution in [3.05, 3.63) is 96.1 Å². The Morgan fingerprint density at radius 2 is 1.15 bits per heavy atom. The van der Waals surface area contributed by atoms with E-state index in [4.69, 9.17) is 0 Å². The lowest BCUT2D eigenvalue weighted by Gasteiger charge is -2.38. The van der Waals surface area contributed by atoms with Gasteiger partial charge < -0.3 is 10.6 Å². The van der Waals surface area contributed by atoms with E-state index < -0.39 is 40.7 Å². The molecular formula is C27H26F6N6O2+2. The highest BCUT2D eigenvalue weighted by Crippen LogP contribution is 2.56. The Balaban J connectivity index is 1.75. The van der Waals surface area contributed by atoms with E-state index in [1.807, 2.05) is 0 Å². The molecule has 2 amide bonds. The van der Waals surface area contributed by atoms with Gasteiger partial charge in [-0.3, -0.25) is 9.59 Å². The Morgan fingerprint density at radius 1 is 0.683 bits per heavy atom. The molecule has 0 unspecified atom stereocenters. The first-order chi connectivity index (χ1) is 19.1. The fraction of sp³-hybridized carbons (Fsp3) is 0.259. The van der Waals surface area contributed by atoms with E-state index >= 15 is 0 Å². The summed E-state index contributed by atoms with van der Waals surface area (Å²) >= 11 is 0. The van der Waals surface area contributed by atoms with Crippen molar-refractivity contribution in [3.63, 3.8) is 0 Å². The quantitative estimate of drug-likeness (QED) is 0.268. The number of aryl methyl sites for hydroxylation is 4. The molecule has 4 rings (SSSR count). The van der Waals surface area contributed by atoms with E-state index in [0.29, 0.717) is 24.3 Å². The second kappa shape index (κ2) is 10.4. The van der Waals surface area contributed by atoms with Gasteiger partial charge in [-0.2, -0.15) is 26.3 Å². The molecule has 8 nitrogen and oxygen atoms in total. The molecule has 14 heteroatoms. The van der Waals surface area contributed by atoms with Crippen LogP contribution in [-0.2, 0) is 33.6 Å². The second-order valence-electron chi connectivity index (χ2n) is 9.50. The van der Waals surface area contributed by atoms with Crippen molar-refractivity contribution >= 4 is 23.2 Å². The van der Waals surface area contributed by atoms with Gasteiger partial charge in [-0.05, 0) is 35.4 Å². The third kappa shape index (κ3) is 5.16. The fourth-order valence-corrected chi connectivity index (χ4v) is 4.81. The van der Waals surface area contributed by atoms with Crippen LogP contribution in [0, 0.1) is 0 Å². The summed E-state index contributed by atoms with van der Waals surface area (Å²) in [6, 6.07) is 6.89. The summed E-state index contributed by atoms with van der Waals surface area (Å²) in [6.07, 6.45) is -5.32. The van der Waals surface area contributed by atoms with E-state index in [2.05, 4.69) is 10.6 Å². The molecule has 41 heavy (non-hydrogen) atoms. The van der Waals surface area contributed by atoms with Gasteiger partial charge in [0.2, 0.25) is 5.41 Å². The Morgan fingerprint density at radius 3 is 1.56 bits per heavy atom. The van der Waals surface area contributed by atoms with Crippen LogP contribution in [0.25, 0.3) is 0 Å². The SMILES string of the molecule is Cn1cc[n+](C)c1C(=O)Nc1ccc(C(c2cccc(NC(=O)c3n(C)cc[n+]3C)c2)(C(F)(F)F)C(F)(F)F)cc1. The van der Waals surface area contributed by atoms with E-state index in [-0.39, 0.29) is 23.0 Å². The largest absolute Gasteiger partial charge is 0.411 e. The molecule has 0 radical (unpaired) electrons. The standard InChI is InChI=1S/C27H24F6N6O2/c1-36-12-13-37(2)23(36)21(40)34-19-10-8-17(9-11-19)25(26(28,29)30,27(31,32)33)18-6-5-7-20(16-18)35-22(41)24-38(3)14-15-39(24)4/h5-16H,1-4H3/p+2. The molecular weight excluding hydrogens is 554 g/mol. The molecule has 0 atom stereocenters. The monoisotopic (exact) mass is 580 g/mol. The number of rotatable bonds is 6. The zero-order valence-electron chi connectivity index (χ0n) is 22.3.